The molecular formula is C28H56NO8P. The molecule has 1 unspecified atom stereocenters. The molecule has 0 rings (SSSR count). The van der Waals surface area contributed by atoms with E-state index in [1.54, 1.807) is 0 Å². The van der Waals surface area contributed by atoms with Crippen LogP contribution >= 0.6 is 7.82 Å². The molecule has 0 fully saturated rings. The van der Waals surface area contributed by atoms with Gasteiger partial charge in [0.15, 0.2) is 6.10 Å². The van der Waals surface area contributed by atoms with Gasteiger partial charge in [0.2, 0.25) is 0 Å². The molecule has 0 saturated heterocycles. The summed E-state index contributed by atoms with van der Waals surface area (Å²) in [7, 11) is -4.33. The predicted octanol–water partition coefficient (Wildman–Crippen LogP) is 6.99. The number of carbonyl (C=O) groups excluding carboxylic acids is 2. The zero-order chi connectivity index (χ0) is 28.3. The average Bonchev–Trinajstić information content (AvgIpc) is 2.89. The highest BCUT2D eigenvalue weighted by Gasteiger charge is 2.25. The van der Waals surface area contributed by atoms with Crippen LogP contribution in [0.3, 0.4) is 0 Å². The van der Waals surface area contributed by atoms with Crippen LogP contribution < -0.4 is 5.73 Å². The van der Waals surface area contributed by atoms with Gasteiger partial charge in [0, 0.05) is 19.4 Å². The van der Waals surface area contributed by atoms with Crippen molar-refractivity contribution < 1.29 is 37.6 Å². The molecule has 0 bridgehead atoms. The summed E-state index contributed by atoms with van der Waals surface area (Å²) >= 11 is 0. The third-order valence-corrected chi connectivity index (χ3v) is 7.20. The lowest BCUT2D eigenvalue weighted by Gasteiger charge is -2.19. The van der Waals surface area contributed by atoms with Crippen molar-refractivity contribution in [1.29, 1.82) is 0 Å². The standard InChI is InChI=1S/C28H56NO8P/c1-3-5-6-7-8-9-10-11-12-13-14-15-16-17-18-19-21-27(30)34-24-26(37-28(31)20-4-2)25-36-38(32,33)35-23-22-29/h26H,3-25,29H2,1-2H3,(H,32,33)/t26-/m1/s1. The first kappa shape index (κ1) is 37.0. The molecule has 10 heteroatoms. The minimum atomic E-state index is -4.33. The van der Waals surface area contributed by atoms with Crippen molar-refractivity contribution in [2.24, 2.45) is 5.73 Å². The zero-order valence-corrected chi connectivity index (χ0v) is 25.1. The maximum Gasteiger partial charge on any atom is 0.472 e. The lowest BCUT2D eigenvalue weighted by Crippen LogP contribution is -2.29. The number of ether oxygens (including phenoxy) is 2. The first-order chi connectivity index (χ1) is 18.3. The fourth-order valence-electron chi connectivity index (χ4n) is 4.02. The second-order valence-electron chi connectivity index (χ2n) is 9.98. The van der Waals surface area contributed by atoms with Crippen LogP contribution in [0.5, 0.6) is 0 Å². The Labute approximate surface area is 231 Å². The second-order valence-corrected chi connectivity index (χ2v) is 11.4. The summed E-state index contributed by atoms with van der Waals surface area (Å²) in [6, 6.07) is 0. The number of phosphoric ester groups is 1. The Kier molecular flexibility index (Phi) is 25.6. The van der Waals surface area contributed by atoms with E-state index in [4.69, 9.17) is 19.7 Å². The molecule has 0 saturated carbocycles. The van der Waals surface area contributed by atoms with Crippen molar-refractivity contribution in [3.63, 3.8) is 0 Å². The van der Waals surface area contributed by atoms with E-state index in [-0.39, 0.29) is 32.6 Å². The largest absolute Gasteiger partial charge is 0.472 e. The van der Waals surface area contributed by atoms with Gasteiger partial charge in [-0.1, -0.05) is 110 Å². The van der Waals surface area contributed by atoms with Gasteiger partial charge < -0.3 is 20.1 Å². The molecule has 0 aromatic carbocycles. The molecule has 2 atom stereocenters. The van der Waals surface area contributed by atoms with Crippen LogP contribution in [0.2, 0.25) is 0 Å². The van der Waals surface area contributed by atoms with Crippen LogP contribution in [0.25, 0.3) is 0 Å². The Morgan fingerprint density at radius 3 is 1.66 bits per heavy atom. The third kappa shape index (κ3) is 25.3. The SMILES string of the molecule is CCCCCCCCCCCCCCCCCCC(=O)OC[C@H](COP(=O)(O)OCCN)OC(=O)CCC. The molecule has 0 aromatic heterocycles. The number of unbranched alkanes of at least 4 members (excludes halogenated alkanes) is 15. The van der Waals surface area contributed by atoms with E-state index in [0.29, 0.717) is 6.42 Å². The smallest absolute Gasteiger partial charge is 0.462 e. The van der Waals surface area contributed by atoms with Crippen LogP contribution in [0.4, 0.5) is 0 Å². The Balaban J connectivity index is 3.87. The van der Waals surface area contributed by atoms with E-state index in [9.17, 15) is 19.0 Å². The van der Waals surface area contributed by atoms with Crippen LogP contribution in [0.1, 0.15) is 136 Å². The number of hydrogen-bond acceptors (Lipinski definition) is 8. The van der Waals surface area contributed by atoms with Crippen LogP contribution in [-0.4, -0.2) is 49.3 Å². The number of nitrogens with two attached hydrogens (primary N) is 1. The Morgan fingerprint density at radius 2 is 1.18 bits per heavy atom. The lowest BCUT2D eigenvalue weighted by molar-refractivity contribution is -0.161. The van der Waals surface area contributed by atoms with Crippen LogP contribution in [-0.2, 0) is 32.7 Å². The van der Waals surface area contributed by atoms with Gasteiger partial charge in [-0.3, -0.25) is 18.6 Å². The highest BCUT2D eigenvalue weighted by molar-refractivity contribution is 7.47. The zero-order valence-electron chi connectivity index (χ0n) is 24.2. The summed E-state index contributed by atoms with van der Waals surface area (Å²) in [5.41, 5.74) is 5.25. The van der Waals surface area contributed by atoms with Crippen molar-refractivity contribution in [2.75, 3.05) is 26.4 Å². The van der Waals surface area contributed by atoms with Crippen LogP contribution in [0.15, 0.2) is 0 Å². The molecule has 0 amide bonds. The van der Waals surface area contributed by atoms with Crippen molar-refractivity contribution >= 4 is 19.8 Å². The minimum absolute atomic E-state index is 0.0554. The molecule has 9 nitrogen and oxygen atoms in total. The topological polar surface area (TPSA) is 134 Å². The van der Waals surface area contributed by atoms with Gasteiger partial charge in [-0.25, -0.2) is 4.57 Å². The number of phosphoric acid groups is 1. The minimum Gasteiger partial charge on any atom is -0.462 e. The molecule has 3 N–H and O–H groups in total. The van der Waals surface area contributed by atoms with Gasteiger partial charge in [0.05, 0.1) is 13.2 Å². The molecule has 0 aromatic rings. The van der Waals surface area contributed by atoms with Crippen molar-refractivity contribution in [3.8, 4) is 0 Å². The van der Waals surface area contributed by atoms with Crippen LogP contribution in [0, 0.1) is 0 Å². The normalized spacial score (nSPS) is 13.7. The number of esters is 2. The quantitative estimate of drug-likeness (QED) is 0.0585. The van der Waals surface area contributed by atoms with Gasteiger partial charge >= 0.3 is 19.8 Å². The summed E-state index contributed by atoms with van der Waals surface area (Å²) < 4.78 is 31.8. The molecular weight excluding hydrogens is 509 g/mol. The van der Waals surface area contributed by atoms with E-state index >= 15 is 0 Å². The maximum absolute atomic E-state index is 12.1. The van der Waals surface area contributed by atoms with Crippen molar-refractivity contribution in [3.05, 3.63) is 0 Å². The second kappa shape index (κ2) is 26.2. The highest BCUT2D eigenvalue weighted by Crippen LogP contribution is 2.43. The van der Waals surface area contributed by atoms with E-state index in [0.717, 1.165) is 19.3 Å². The predicted molar refractivity (Wildman–Crippen MR) is 151 cm³/mol. The van der Waals surface area contributed by atoms with E-state index < -0.39 is 32.5 Å². The Bertz CT molecular complexity index is 620. The molecule has 0 radical (unpaired) electrons. The Hall–Kier alpha value is -0.990. The van der Waals surface area contributed by atoms with Gasteiger partial charge in [-0.15, -0.1) is 0 Å². The summed E-state index contributed by atoms with van der Waals surface area (Å²) in [6.07, 6.45) is 20.3. The maximum atomic E-state index is 12.1. The monoisotopic (exact) mass is 565 g/mol. The third-order valence-electron chi connectivity index (χ3n) is 6.21. The molecule has 226 valence electrons. The van der Waals surface area contributed by atoms with Gasteiger partial charge in [-0.05, 0) is 12.8 Å². The number of hydrogen-bond donors (Lipinski definition) is 2. The highest BCUT2D eigenvalue weighted by atomic mass is 31.2. The molecule has 0 aliphatic rings. The molecule has 38 heavy (non-hydrogen) atoms. The molecule has 0 heterocycles. The van der Waals surface area contributed by atoms with Crippen molar-refractivity contribution in [1.82, 2.24) is 0 Å². The van der Waals surface area contributed by atoms with Gasteiger partial charge in [0.1, 0.15) is 6.61 Å². The first-order valence-corrected chi connectivity index (χ1v) is 16.5. The van der Waals surface area contributed by atoms with E-state index in [2.05, 4.69) is 11.4 Å². The number of carbonyl (C=O) groups is 2. The average molecular weight is 566 g/mol. The molecule has 0 spiro atoms. The fourth-order valence-corrected chi connectivity index (χ4v) is 4.79. The van der Waals surface area contributed by atoms with E-state index in [1.165, 1.54) is 83.5 Å². The molecule has 0 aliphatic carbocycles. The Morgan fingerprint density at radius 1 is 0.684 bits per heavy atom. The van der Waals surface area contributed by atoms with Crippen molar-refractivity contribution in [2.45, 2.75) is 142 Å². The van der Waals surface area contributed by atoms with Gasteiger partial charge in [0.25, 0.3) is 0 Å². The lowest BCUT2D eigenvalue weighted by atomic mass is 10.0. The summed E-state index contributed by atoms with van der Waals surface area (Å²) in [5, 5.41) is 0. The fraction of sp³-hybridized carbons (Fsp3) is 0.929. The van der Waals surface area contributed by atoms with E-state index in [1.807, 2.05) is 6.92 Å². The summed E-state index contributed by atoms with van der Waals surface area (Å²) in [6.45, 7) is 3.31. The summed E-state index contributed by atoms with van der Waals surface area (Å²) in [4.78, 5) is 33.6. The summed E-state index contributed by atoms with van der Waals surface area (Å²) in [5.74, 6) is -0.885. The first-order valence-electron chi connectivity index (χ1n) is 15.0. The van der Waals surface area contributed by atoms with Gasteiger partial charge in [-0.2, -0.15) is 0 Å². The number of rotatable bonds is 28. The molecule has 0 aliphatic heterocycles.